The van der Waals surface area contributed by atoms with Crippen molar-refractivity contribution in [3.8, 4) is 28.1 Å². The van der Waals surface area contributed by atoms with Crippen LogP contribution in [0.1, 0.15) is 90.2 Å². The Kier molecular flexibility index (Phi) is 12.2. The highest BCUT2D eigenvalue weighted by Crippen LogP contribution is 2.49. The molecule has 3 saturated heterocycles. The first-order valence-electron chi connectivity index (χ1n) is 22.5. The zero-order valence-corrected chi connectivity index (χ0v) is 38.2. The highest BCUT2D eigenvalue weighted by molar-refractivity contribution is 5.97. The molecule has 4 fully saturated rings. The molecule has 3 amide bonds. The van der Waals surface area contributed by atoms with Crippen LogP contribution < -0.4 is 10.7 Å². The number of aromatic hydroxyl groups is 1. The van der Waals surface area contributed by atoms with Gasteiger partial charge in [-0.2, -0.15) is 5.43 Å². The van der Waals surface area contributed by atoms with Crippen LogP contribution in [0, 0.1) is 17.3 Å². The molecule has 2 aromatic carbocycles. The first-order chi connectivity index (χ1) is 30.4. The molecule has 15 heteroatoms. The van der Waals surface area contributed by atoms with Crippen LogP contribution in [0.4, 0.5) is 0 Å². The number of hydrogen-bond acceptors (Lipinski definition) is 11. The van der Waals surface area contributed by atoms with Crippen molar-refractivity contribution in [3.05, 3.63) is 71.5 Å². The van der Waals surface area contributed by atoms with Crippen molar-refractivity contribution in [2.75, 3.05) is 33.9 Å². The maximum absolute atomic E-state index is 14.7. The maximum atomic E-state index is 14.7. The number of rotatable bonds is 9. The summed E-state index contributed by atoms with van der Waals surface area (Å²) in [5.74, 6) is -2.38. The van der Waals surface area contributed by atoms with Crippen molar-refractivity contribution in [1.29, 1.82) is 0 Å². The van der Waals surface area contributed by atoms with E-state index in [2.05, 4.69) is 34.4 Å². The molecule has 4 N–H and O–H groups in total. The summed E-state index contributed by atoms with van der Waals surface area (Å²) in [4.78, 5) is 63.2. The van der Waals surface area contributed by atoms with Gasteiger partial charge in [0.1, 0.15) is 23.4 Å². The topological polar surface area (TPSA) is 185 Å². The van der Waals surface area contributed by atoms with Gasteiger partial charge in [-0.1, -0.05) is 39.8 Å². The number of aryl methyl sites for hydroxylation is 1. The Morgan fingerprint density at radius 3 is 2.55 bits per heavy atom. The fourth-order valence-corrected chi connectivity index (χ4v) is 10.4. The van der Waals surface area contributed by atoms with E-state index in [1.807, 2.05) is 58.9 Å². The summed E-state index contributed by atoms with van der Waals surface area (Å²) in [5, 5.41) is 28.2. The highest BCUT2D eigenvalue weighted by Gasteiger charge is 2.59. The predicted octanol–water partition coefficient (Wildman–Crippen LogP) is 5.43. The lowest BCUT2D eigenvalue weighted by atomic mass is 9.73. The van der Waals surface area contributed by atoms with Crippen LogP contribution in [0.2, 0.25) is 0 Å². The highest BCUT2D eigenvalue weighted by atomic mass is 16.6. The number of hydrogen-bond donors (Lipinski definition) is 4. The van der Waals surface area contributed by atoms with E-state index in [4.69, 9.17) is 19.2 Å². The minimum absolute atomic E-state index is 0.0195. The fraction of sp³-hybridized carbons (Fsp3) is 0.531. The Hall–Kier alpha value is -5.35. The number of cyclic esters (lactones) is 1. The number of pyridine rings is 1. The molecule has 15 nitrogen and oxygen atoms in total. The average molecular weight is 879 g/mol. The Morgan fingerprint density at radius 1 is 1.09 bits per heavy atom. The minimum atomic E-state index is -2.24. The van der Waals surface area contributed by atoms with Crippen LogP contribution >= 0.6 is 0 Å². The van der Waals surface area contributed by atoms with Gasteiger partial charge in [-0.25, -0.2) is 4.79 Å². The van der Waals surface area contributed by atoms with Gasteiger partial charge >= 0.3 is 5.97 Å². The van der Waals surface area contributed by atoms with Crippen molar-refractivity contribution in [2.24, 2.45) is 17.3 Å². The molecule has 1 saturated carbocycles. The monoisotopic (exact) mass is 878 g/mol. The van der Waals surface area contributed by atoms with Gasteiger partial charge in [0.2, 0.25) is 11.6 Å². The van der Waals surface area contributed by atoms with E-state index in [1.54, 1.807) is 32.5 Å². The largest absolute Gasteiger partial charge is 0.508 e. The number of ether oxygens (including phenoxy) is 3. The Labute approximate surface area is 374 Å². The number of likely N-dealkylation sites (N-methyl/N-ethyl adjacent to an activating group) is 1. The number of phenolic OH excluding ortho intramolecular Hbond substituents is 1. The van der Waals surface area contributed by atoms with Gasteiger partial charge in [-0.05, 0) is 110 Å². The van der Waals surface area contributed by atoms with Crippen molar-refractivity contribution >= 4 is 34.6 Å². The number of phenols is 1. The molecular weight excluding hydrogens is 817 g/mol. The fourth-order valence-electron chi connectivity index (χ4n) is 10.4. The summed E-state index contributed by atoms with van der Waals surface area (Å²) in [5.41, 5.74) is 5.64. The number of carbonyl (C=O) groups is 4. The number of nitrogens with zero attached hydrogens (tertiary/aromatic N) is 4. The van der Waals surface area contributed by atoms with Crippen molar-refractivity contribution in [2.45, 2.75) is 116 Å². The van der Waals surface area contributed by atoms with Crippen LogP contribution in [-0.4, -0.2) is 111 Å². The van der Waals surface area contributed by atoms with Crippen molar-refractivity contribution in [3.63, 3.8) is 0 Å². The number of hydrazine groups is 1. The van der Waals surface area contributed by atoms with Gasteiger partial charge in [-0.3, -0.25) is 24.4 Å². The molecule has 4 atom stereocenters. The van der Waals surface area contributed by atoms with E-state index in [0.717, 1.165) is 39.0 Å². The standard InChI is InChI=1S/C49H62N6O9/c1-9-54-39-14-13-32-22-36(39)37(42(54)35-12-10-16-50-40(35)29(4)62-8)25-47(5,6)27-63-46(60)49(61)15-11-17-55(52-49)44(58)38(20-30-18-33(32)21-34(56)19-30)51-43(57)41(28(2)3)53(7)45(59)48-23-31(24-48)26-64-48/h10,12-14,16,18-19,21-22,28-29,31,38,41,52,56,61H,9,11,15,17,20,23-27H2,1-8H3,(H,51,57)/t29-,31?,38-,41-,48?,49-/m0/s1. The Morgan fingerprint density at radius 2 is 1.86 bits per heavy atom. The quantitative estimate of drug-likeness (QED) is 0.157. The zero-order chi connectivity index (χ0) is 45.9. The van der Waals surface area contributed by atoms with Gasteiger partial charge in [-0.15, -0.1) is 0 Å². The second-order valence-corrected chi connectivity index (χ2v) is 19.4. The number of amides is 3. The SMILES string of the molecule is CCn1c(-c2cccnc2[C@H](C)OC)c2c3cc(ccc31)-c1cc(O)cc(c1)C[C@H](NC(=O)[C@H](C(C)C)N(C)C(=O)C13CC(CO1)C3)C(=O)N1CCC[C@@](O)(N1)C(=O)OCC(C)(C)C2. The number of methoxy groups -OCH3 is 1. The molecule has 342 valence electrons. The van der Waals surface area contributed by atoms with Crippen LogP contribution in [0.5, 0.6) is 5.75 Å². The molecule has 5 aliphatic rings. The Bertz CT molecular complexity index is 2470. The van der Waals surface area contributed by atoms with E-state index in [-0.39, 0.29) is 56.1 Å². The molecular formula is C49H62N6O9. The van der Waals surface area contributed by atoms with E-state index < -0.39 is 46.6 Å². The van der Waals surface area contributed by atoms with Gasteiger partial charge in [0.15, 0.2) is 0 Å². The van der Waals surface area contributed by atoms with Gasteiger partial charge in [0.25, 0.3) is 11.8 Å². The predicted molar refractivity (Wildman–Crippen MR) is 239 cm³/mol. The summed E-state index contributed by atoms with van der Waals surface area (Å²) in [6.45, 7) is 13.0. The van der Waals surface area contributed by atoms with E-state index >= 15 is 0 Å². The van der Waals surface area contributed by atoms with Crippen molar-refractivity contribution < 1.29 is 43.6 Å². The molecule has 9 rings (SSSR count). The van der Waals surface area contributed by atoms with Crippen LogP contribution in [0.25, 0.3) is 33.3 Å². The molecule has 4 aromatic rings. The number of carbonyl (C=O) groups excluding carboxylic acids is 4. The first-order valence-corrected chi connectivity index (χ1v) is 22.5. The second-order valence-electron chi connectivity index (χ2n) is 19.4. The normalized spacial score (nSPS) is 25.3. The van der Waals surface area contributed by atoms with Gasteiger partial charge in [0, 0.05) is 68.2 Å². The molecule has 0 spiro atoms. The lowest BCUT2D eigenvalue weighted by molar-refractivity contribution is -0.189. The molecule has 0 unspecified atom stereocenters. The molecule has 2 aromatic heterocycles. The summed E-state index contributed by atoms with van der Waals surface area (Å²) in [6, 6.07) is 13.1. The minimum Gasteiger partial charge on any atom is -0.508 e. The molecule has 8 bridgehead atoms. The maximum Gasteiger partial charge on any atom is 0.355 e. The molecule has 64 heavy (non-hydrogen) atoms. The number of fused-ring (bicyclic) bond motifs is 7. The number of nitrogens with one attached hydrogen (secondary N) is 2. The summed E-state index contributed by atoms with van der Waals surface area (Å²) in [6.07, 6.45) is 3.33. The second kappa shape index (κ2) is 17.2. The van der Waals surface area contributed by atoms with E-state index in [1.165, 1.54) is 9.91 Å². The third-order valence-electron chi connectivity index (χ3n) is 13.6. The van der Waals surface area contributed by atoms with Gasteiger partial charge in [0.05, 0.1) is 30.7 Å². The molecule has 1 aliphatic carbocycles. The van der Waals surface area contributed by atoms with Crippen LogP contribution in [0.3, 0.4) is 0 Å². The summed E-state index contributed by atoms with van der Waals surface area (Å²) < 4.78 is 19.9. The van der Waals surface area contributed by atoms with Crippen LogP contribution in [-0.2, 0) is 52.8 Å². The molecule has 6 heterocycles. The third kappa shape index (κ3) is 8.27. The van der Waals surface area contributed by atoms with Gasteiger partial charge < -0.3 is 39.2 Å². The summed E-state index contributed by atoms with van der Waals surface area (Å²) in [7, 11) is 3.25. The summed E-state index contributed by atoms with van der Waals surface area (Å²) >= 11 is 0. The van der Waals surface area contributed by atoms with Crippen LogP contribution in [0.15, 0.2) is 54.7 Å². The lowest BCUT2D eigenvalue weighted by Gasteiger charge is -2.41. The van der Waals surface area contributed by atoms with E-state index in [0.29, 0.717) is 49.5 Å². The number of benzene rings is 2. The van der Waals surface area contributed by atoms with E-state index in [9.17, 15) is 29.4 Å². The number of aromatic nitrogens is 2. The number of esters is 1. The smallest absolute Gasteiger partial charge is 0.355 e. The average Bonchev–Trinajstić information content (AvgIpc) is 3.96. The lowest BCUT2D eigenvalue weighted by Crippen LogP contribution is -2.67. The zero-order valence-electron chi connectivity index (χ0n) is 38.2. The third-order valence-corrected chi connectivity index (χ3v) is 13.6. The molecule has 4 aliphatic heterocycles. The van der Waals surface area contributed by atoms with Crippen molar-refractivity contribution in [1.82, 2.24) is 30.2 Å². The number of aliphatic hydroxyl groups is 1. The molecule has 0 radical (unpaired) electrons. The first kappa shape index (κ1) is 45.2. The Balaban J connectivity index is 1.24.